The maximum Gasteiger partial charge on any atom is 0.308 e. The van der Waals surface area contributed by atoms with E-state index >= 15 is 0 Å². The lowest BCUT2D eigenvalue weighted by atomic mass is 9.89. The van der Waals surface area contributed by atoms with E-state index in [-0.39, 0.29) is 24.9 Å². The molecule has 5 atom stereocenters. The topological polar surface area (TPSA) is 102 Å². The number of carbonyl (C=O) groups excluding carboxylic acids is 2. The fraction of sp³-hybridized carbons (Fsp3) is 0.760. The molecule has 5 unspecified atom stereocenters. The van der Waals surface area contributed by atoms with Gasteiger partial charge in [0, 0.05) is 12.8 Å². The molecule has 0 bridgehead atoms. The van der Waals surface area contributed by atoms with E-state index in [2.05, 4.69) is 20.8 Å². The van der Waals surface area contributed by atoms with E-state index in [0.29, 0.717) is 12.8 Å². The van der Waals surface area contributed by atoms with E-state index in [9.17, 15) is 19.8 Å². The molecule has 0 radical (unpaired) electrons. The van der Waals surface area contributed by atoms with Crippen molar-refractivity contribution < 1.29 is 33.7 Å². The second-order valence-corrected chi connectivity index (χ2v) is 14.1. The van der Waals surface area contributed by atoms with Gasteiger partial charge in [-0.05, 0) is 56.5 Å². The zero-order valence-electron chi connectivity index (χ0n) is 21.4. The fourth-order valence-electron chi connectivity index (χ4n) is 4.33. The van der Waals surface area contributed by atoms with Gasteiger partial charge in [0.25, 0.3) is 0 Å². The van der Waals surface area contributed by atoms with Crippen molar-refractivity contribution in [3.8, 4) is 0 Å². The van der Waals surface area contributed by atoms with Crippen LogP contribution in [-0.4, -0.2) is 61.0 Å². The Morgan fingerprint density at radius 2 is 1.85 bits per heavy atom. The van der Waals surface area contributed by atoms with Crippen LogP contribution in [0.3, 0.4) is 0 Å². The summed E-state index contributed by atoms with van der Waals surface area (Å²) < 4.78 is 17.9. The summed E-state index contributed by atoms with van der Waals surface area (Å²) in [7, 11) is -2.01. The molecular weight excluding hydrogens is 440 g/mol. The third-order valence-electron chi connectivity index (χ3n) is 6.81. The predicted molar refractivity (Wildman–Crippen MR) is 131 cm³/mol. The van der Waals surface area contributed by atoms with Gasteiger partial charge in [0.1, 0.15) is 17.8 Å². The molecule has 2 N–H and O–H groups in total. The molecule has 1 aliphatic rings. The maximum absolute atomic E-state index is 13.0. The molecule has 0 aromatic heterocycles. The highest BCUT2D eigenvalue weighted by Gasteiger charge is 2.38. The molecule has 8 heteroatoms. The van der Waals surface area contributed by atoms with Crippen LogP contribution in [0.25, 0.3) is 0 Å². The Morgan fingerprint density at radius 3 is 2.36 bits per heavy atom. The van der Waals surface area contributed by atoms with E-state index in [1.54, 1.807) is 32.1 Å². The lowest BCUT2D eigenvalue weighted by Gasteiger charge is -2.36. The van der Waals surface area contributed by atoms with Crippen molar-refractivity contribution in [3.05, 3.63) is 23.8 Å². The van der Waals surface area contributed by atoms with Crippen molar-refractivity contribution in [2.75, 3.05) is 6.61 Å². The summed E-state index contributed by atoms with van der Waals surface area (Å²) in [6.07, 6.45) is 4.07. The summed E-state index contributed by atoms with van der Waals surface area (Å²) in [6.45, 7) is 12.9. The Kier molecular flexibility index (Phi) is 12.0. The van der Waals surface area contributed by atoms with Crippen LogP contribution in [0.1, 0.15) is 67.7 Å². The van der Waals surface area contributed by atoms with Crippen LogP contribution in [0, 0.1) is 5.92 Å². The monoisotopic (exact) mass is 484 g/mol. The van der Waals surface area contributed by atoms with Gasteiger partial charge in [0.05, 0.1) is 19.1 Å². The highest BCUT2D eigenvalue weighted by molar-refractivity contribution is 6.73. The van der Waals surface area contributed by atoms with Crippen LogP contribution in [0.4, 0.5) is 0 Å². The summed E-state index contributed by atoms with van der Waals surface area (Å²) in [5.41, 5.74) is -0.597. The van der Waals surface area contributed by atoms with Crippen LogP contribution < -0.4 is 0 Å². The van der Waals surface area contributed by atoms with Crippen molar-refractivity contribution in [1.29, 1.82) is 0 Å². The van der Waals surface area contributed by atoms with Crippen LogP contribution >= 0.6 is 0 Å². The van der Waals surface area contributed by atoms with Gasteiger partial charge in [0.2, 0.25) is 0 Å². The second kappa shape index (κ2) is 13.4. The van der Waals surface area contributed by atoms with Gasteiger partial charge in [0.15, 0.2) is 8.32 Å². The summed E-state index contributed by atoms with van der Waals surface area (Å²) in [6, 6.07) is 2.83. The molecule has 33 heavy (non-hydrogen) atoms. The number of rotatable bonds is 8. The average molecular weight is 485 g/mol. The van der Waals surface area contributed by atoms with Gasteiger partial charge in [-0.3, -0.25) is 9.59 Å². The van der Waals surface area contributed by atoms with E-state index < -0.39 is 38.2 Å². The lowest BCUT2D eigenvalue weighted by Crippen LogP contribution is -2.45. The van der Waals surface area contributed by atoms with Gasteiger partial charge >= 0.3 is 11.9 Å². The van der Waals surface area contributed by atoms with Crippen LogP contribution in [0.2, 0.25) is 18.1 Å². The van der Waals surface area contributed by atoms with Gasteiger partial charge in [-0.25, -0.2) is 0 Å². The zero-order valence-corrected chi connectivity index (χ0v) is 22.4. The van der Waals surface area contributed by atoms with Crippen LogP contribution in [0.5, 0.6) is 0 Å². The maximum atomic E-state index is 13.0. The van der Waals surface area contributed by atoms with E-state index in [0.717, 1.165) is 23.7 Å². The number of esters is 2. The molecule has 0 fully saturated rings. The second-order valence-electron chi connectivity index (χ2n) is 9.40. The van der Waals surface area contributed by atoms with Gasteiger partial charge in [-0.1, -0.05) is 39.8 Å². The lowest BCUT2D eigenvalue weighted by molar-refractivity contribution is -0.157. The molecule has 1 aliphatic heterocycles. The molecule has 0 aromatic rings. The van der Waals surface area contributed by atoms with Crippen LogP contribution in [0.15, 0.2) is 23.8 Å². The largest absolute Gasteiger partial charge is 0.457 e. The third-order valence-corrected chi connectivity index (χ3v) is 11.5. The first kappa shape index (κ1) is 29.5. The normalized spacial score (nSPS) is 30.2. The summed E-state index contributed by atoms with van der Waals surface area (Å²) >= 11 is 0. The van der Waals surface area contributed by atoms with Crippen molar-refractivity contribution in [3.63, 3.8) is 0 Å². The minimum absolute atomic E-state index is 0.0857. The SMILES string of the molecule is CC[Si](CC)(CC)OC1CCC(C)(O)C(OC(C)=O)C=CC(C)C(C(C)=CCO)OC(=O)C1. The minimum atomic E-state index is -2.01. The third kappa shape index (κ3) is 9.00. The van der Waals surface area contributed by atoms with Crippen molar-refractivity contribution >= 4 is 20.3 Å². The first-order chi connectivity index (χ1) is 15.4. The summed E-state index contributed by atoms with van der Waals surface area (Å²) in [5.74, 6) is -1.11. The Bertz CT molecular complexity index is 689. The van der Waals surface area contributed by atoms with Crippen LogP contribution in [-0.2, 0) is 23.5 Å². The quantitative estimate of drug-likeness (QED) is 0.301. The minimum Gasteiger partial charge on any atom is -0.457 e. The van der Waals surface area contributed by atoms with Crippen molar-refractivity contribution in [2.45, 2.75) is 110 Å². The first-order valence-electron chi connectivity index (χ1n) is 12.2. The van der Waals surface area contributed by atoms with E-state index in [1.165, 1.54) is 6.92 Å². The number of cyclic esters (lactones) is 1. The molecule has 7 nitrogen and oxygen atoms in total. The number of ether oxygens (including phenoxy) is 2. The number of hydrogen-bond acceptors (Lipinski definition) is 7. The summed E-state index contributed by atoms with van der Waals surface area (Å²) in [4.78, 5) is 24.7. The molecular formula is C25H44O7Si. The molecule has 0 aliphatic carbocycles. The first-order valence-corrected chi connectivity index (χ1v) is 14.7. The zero-order chi connectivity index (χ0) is 25.2. The molecule has 0 saturated heterocycles. The number of hydrogen-bond donors (Lipinski definition) is 2. The molecule has 1 heterocycles. The molecule has 0 spiro atoms. The number of aliphatic hydroxyl groups is 2. The molecule has 0 saturated carbocycles. The highest BCUT2D eigenvalue weighted by atomic mass is 28.4. The molecule has 0 amide bonds. The number of carbonyl (C=O) groups is 2. The van der Waals surface area contributed by atoms with Crippen molar-refractivity contribution in [2.24, 2.45) is 5.92 Å². The summed E-state index contributed by atoms with van der Waals surface area (Å²) in [5, 5.41) is 20.6. The standard InChI is InChI=1S/C25H44O7Si/c1-8-33(9-2,10-3)32-21-13-15-25(7,29)22(30-20(6)27)12-11-18(4)24(19(5)14-16-26)31-23(28)17-21/h11-12,14,18,21-22,24,26,29H,8-10,13,15-17H2,1-7H3. The molecule has 190 valence electrons. The molecule has 1 rings (SSSR count). The smallest absolute Gasteiger partial charge is 0.308 e. The average Bonchev–Trinajstić information content (AvgIpc) is 2.76. The van der Waals surface area contributed by atoms with E-state index in [4.69, 9.17) is 13.9 Å². The Labute approximate surface area is 200 Å². The highest BCUT2D eigenvalue weighted by Crippen LogP contribution is 2.31. The number of aliphatic hydroxyl groups excluding tert-OH is 1. The predicted octanol–water partition coefficient (Wildman–Crippen LogP) is 4.29. The van der Waals surface area contributed by atoms with Gasteiger partial charge in [-0.2, -0.15) is 0 Å². The fourth-order valence-corrected chi connectivity index (χ4v) is 7.24. The van der Waals surface area contributed by atoms with Crippen molar-refractivity contribution in [1.82, 2.24) is 0 Å². The Morgan fingerprint density at radius 1 is 1.24 bits per heavy atom. The molecule has 0 aromatic carbocycles. The Hall–Kier alpha value is -1.48. The Balaban J connectivity index is 3.39. The van der Waals surface area contributed by atoms with Gasteiger partial charge in [-0.15, -0.1) is 0 Å². The van der Waals surface area contributed by atoms with E-state index in [1.807, 2.05) is 6.92 Å². The van der Waals surface area contributed by atoms with Gasteiger partial charge < -0.3 is 24.1 Å².